The maximum atomic E-state index is 12.8. The average molecular weight is 414 g/mol. The van der Waals surface area contributed by atoms with Crippen molar-refractivity contribution in [3.8, 4) is 0 Å². The van der Waals surface area contributed by atoms with E-state index in [2.05, 4.69) is 10.6 Å². The number of nitrogens with two attached hydrogens (primary N) is 1. The minimum Gasteiger partial charge on any atom is -0.481 e. The first-order valence-corrected chi connectivity index (χ1v) is 9.57. The SMILES string of the molecule is CC(NC(=O)C(NC(=O)C1CCCN1C(=O)C(N)CCC(=O)O)C(C)C)C(=O)O. The van der Waals surface area contributed by atoms with Gasteiger partial charge in [0.2, 0.25) is 17.7 Å². The van der Waals surface area contributed by atoms with E-state index in [-0.39, 0.29) is 18.8 Å². The van der Waals surface area contributed by atoms with Crippen molar-refractivity contribution in [2.45, 2.75) is 70.6 Å². The van der Waals surface area contributed by atoms with Crippen molar-refractivity contribution in [3.05, 3.63) is 0 Å². The van der Waals surface area contributed by atoms with E-state index in [0.29, 0.717) is 19.4 Å². The van der Waals surface area contributed by atoms with Gasteiger partial charge in [-0.05, 0) is 32.1 Å². The Morgan fingerprint density at radius 2 is 1.72 bits per heavy atom. The number of amides is 3. The second kappa shape index (κ2) is 10.7. The van der Waals surface area contributed by atoms with Crippen LogP contribution in [0.2, 0.25) is 0 Å². The molecule has 4 unspecified atom stereocenters. The van der Waals surface area contributed by atoms with E-state index >= 15 is 0 Å². The van der Waals surface area contributed by atoms with Gasteiger partial charge in [0.1, 0.15) is 18.1 Å². The fourth-order valence-electron chi connectivity index (χ4n) is 3.07. The molecule has 1 aliphatic heterocycles. The van der Waals surface area contributed by atoms with Crippen molar-refractivity contribution >= 4 is 29.7 Å². The van der Waals surface area contributed by atoms with E-state index < -0.39 is 53.8 Å². The topological polar surface area (TPSA) is 179 Å². The normalized spacial score (nSPS) is 19.3. The summed E-state index contributed by atoms with van der Waals surface area (Å²) in [5.74, 6) is -4.24. The summed E-state index contributed by atoms with van der Waals surface area (Å²) in [5, 5.41) is 22.6. The summed E-state index contributed by atoms with van der Waals surface area (Å²) in [7, 11) is 0. The number of aliphatic carboxylic acids is 2. The van der Waals surface area contributed by atoms with Gasteiger partial charge in [-0.15, -0.1) is 0 Å². The Balaban J connectivity index is 2.80. The molecule has 6 N–H and O–H groups in total. The van der Waals surface area contributed by atoms with Crippen LogP contribution in [-0.2, 0) is 24.0 Å². The second-order valence-electron chi connectivity index (χ2n) is 7.53. The number of carboxylic acids is 2. The Kier molecular flexibility index (Phi) is 9.02. The number of likely N-dealkylation sites (tertiary alicyclic amines) is 1. The fourth-order valence-corrected chi connectivity index (χ4v) is 3.07. The maximum Gasteiger partial charge on any atom is 0.325 e. The second-order valence-corrected chi connectivity index (χ2v) is 7.53. The molecule has 3 amide bonds. The number of carboxylic acid groups (broad SMARTS) is 2. The molecule has 1 aliphatic rings. The largest absolute Gasteiger partial charge is 0.481 e. The van der Waals surface area contributed by atoms with E-state index in [0.717, 1.165) is 0 Å². The summed E-state index contributed by atoms with van der Waals surface area (Å²) < 4.78 is 0. The molecule has 164 valence electrons. The zero-order valence-corrected chi connectivity index (χ0v) is 16.9. The summed E-state index contributed by atoms with van der Waals surface area (Å²) in [5.41, 5.74) is 5.78. The van der Waals surface area contributed by atoms with Gasteiger partial charge in [0.25, 0.3) is 0 Å². The number of carbonyl (C=O) groups excluding carboxylic acids is 3. The molecule has 0 saturated carbocycles. The number of nitrogens with one attached hydrogen (secondary N) is 2. The van der Waals surface area contributed by atoms with Crippen molar-refractivity contribution in [2.24, 2.45) is 11.7 Å². The van der Waals surface area contributed by atoms with Crippen LogP contribution in [-0.4, -0.2) is 75.5 Å². The molecule has 0 aromatic heterocycles. The molecule has 0 bridgehead atoms. The van der Waals surface area contributed by atoms with Gasteiger partial charge in [-0.1, -0.05) is 13.8 Å². The van der Waals surface area contributed by atoms with Crippen LogP contribution in [0.3, 0.4) is 0 Å². The number of carbonyl (C=O) groups is 5. The Bertz CT molecular complexity index is 652. The lowest BCUT2D eigenvalue weighted by Crippen LogP contribution is -2.57. The summed E-state index contributed by atoms with van der Waals surface area (Å²) in [6.45, 7) is 5.03. The van der Waals surface area contributed by atoms with Crippen LogP contribution in [0, 0.1) is 5.92 Å². The highest BCUT2D eigenvalue weighted by Gasteiger charge is 2.38. The molecule has 11 nitrogen and oxygen atoms in total. The van der Waals surface area contributed by atoms with Gasteiger partial charge in [-0.2, -0.15) is 0 Å². The van der Waals surface area contributed by atoms with E-state index in [4.69, 9.17) is 15.9 Å². The third-order valence-corrected chi connectivity index (χ3v) is 4.80. The zero-order valence-electron chi connectivity index (χ0n) is 16.9. The van der Waals surface area contributed by atoms with Crippen molar-refractivity contribution in [3.63, 3.8) is 0 Å². The minimum absolute atomic E-state index is 0.0386. The highest BCUT2D eigenvalue weighted by molar-refractivity contribution is 5.94. The van der Waals surface area contributed by atoms with Crippen molar-refractivity contribution in [1.29, 1.82) is 0 Å². The Morgan fingerprint density at radius 3 is 2.24 bits per heavy atom. The molecule has 1 heterocycles. The Hall–Kier alpha value is -2.69. The third-order valence-electron chi connectivity index (χ3n) is 4.80. The lowest BCUT2D eigenvalue weighted by atomic mass is 10.0. The highest BCUT2D eigenvalue weighted by atomic mass is 16.4. The van der Waals surface area contributed by atoms with Gasteiger partial charge < -0.3 is 31.5 Å². The highest BCUT2D eigenvalue weighted by Crippen LogP contribution is 2.20. The molecule has 11 heteroatoms. The average Bonchev–Trinajstić information content (AvgIpc) is 3.12. The molecule has 0 aliphatic carbocycles. The Labute approximate surface area is 169 Å². The molecule has 29 heavy (non-hydrogen) atoms. The number of hydrogen-bond acceptors (Lipinski definition) is 6. The lowest BCUT2D eigenvalue weighted by Gasteiger charge is -2.29. The first-order valence-electron chi connectivity index (χ1n) is 9.57. The number of hydrogen-bond donors (Lipinski definition) is 5. The van der Waals surface area contributed by atoms with Crippen LogP contribution >= 0.6 is 0 Å². The van der Waals surface area contributed by atoms with Gasteiger partial charge >= 0.3 is 11.9 Å². The quantitative estimate of drug-likeness (QED) is 0.299. The number of nitrogens with zero attached hydrogens (tertiary/aromatic N) is 1. The van der Waals surface area contributed by atoms with Crippen LogP contribution in [0.15, 0.2) is 0 Å². The minimum atomic E-state index is -1.20. The van der Waals surface area contributed by atoms with Gasteiger partial charge in [0.15, 0.2) is 0 Å². The smallest absolute Gasteiger partial charge is 0.325 e. The molecule has 1 fully saturated rings. The third kappa shape index (κ3) is 7.00. The van der Waals surface area contributed by atoms with Crippen molar-refractivity contribution in [1.82, 2.24) is 15.5 Å². The molecule has 1 saturated heterocycles. The summed E-state index contributed by atoms with van der Waals surface area (Å²) in [6.07, 6.45) is 0.670. The maximum absolute atomic E-state index is 12.8. The predicted octanol–water partition coefficient (Wildman–Crippen LogP) is -1.10. The Morgan fingerprint density at radius 1 is 1.10 bits per heavy atom. The van der Waals surface area contributed by atoms with Crippen LogP contribution < -0.4 is 16.4 Å². The van der Waals surface area contributed by atoms with E-state index in [1.165, 1.54) is 11.8 Å². The van der Waals surface area contributed by atoms with E-state index in [1.54, 1.807) is 13.8 Å². The summed E-state index contributed by atoms with van der Waals surface area (Å²) >= 11 is 0. The van der Waals surface area contributed by atoms with Crippen LogP contribution in [0.5, 0.6) is 0 Å². The monoisotopic (exact) mass is 414 g/mol. The van der Waals surface area contributed by atoms with Gasteiger partial charge in [-0.25, -0.2) is 0 Å². The first-order chi connectivity index (χ1) is 13.5. The molecular weight excluding hydrogens is 384 g/mol. The summed E-state index contributed by atoms with van der Waals surface area (Å²) in [6, 6.07) is -3.93. The molecule has 1 rings (SSSR count). The van der Waals surface area contributed by atoms with Crippen molar-refractivity contribution < 1.29 is 34.2 Å². The molecule has 0 spiro atoms. The molecule has 0 aromatic carbocycles. The fraction of sp³-hybridized carbons (Fsp3) is 0.722. The van der Waals surface area contributed by atoms with Gasteiger partial charge in [0, 0.05) is 13.0 Å². The predicted molar refractivity (Wildman–Crippen MR) is 102 cm³/mol. The molecule has 4 atom stereocenters. The molecule has 0 aromatic rings. The van der Waals surface area contributed by atoms with E-state index in [1.807, 2.05) is 0 Å². The van der Waals surface area contributed by atoms with Crippen LogP contribution in [0.4, 0.5) is 0 Å². The summed E-state index contributed by atoms with van der Waals surface area (Å²) in [4.78, 5) is 60.6. The molecular formula is C18H30N4O7. The first kappa shape index (κ1) is 24.3. The van der Waals surface area contributed by atoms with Crippen LogP contribution in [0.25, 0.3) is 0 Å². The van der Waals surface area contributed by atoms with Crippen molar-refractivity contribution in [2.75, 3.05) is 6.54 Å². The molecule has 0 radical (unpaired) electrons. The lowest BCUT2D eigenvalue weighted by molar-refractivity contribution is -0.143. The van der Waals surface area contributed by atoms with Crippen LogP contribution in [0.1, 0.15) is 46.5 Å². The number of rotatable bonds is 10. The van der Waals surface area contributed by atoms with Gasteiger partial charge in [0.05, 0.1) is 6.04 Å². The van der Waals surface area contributed by atoms with Gasteiger partial charge in [-0.3, -0.25) is 24.0 Å². The standard InChI is InChI=1S/C18H30N4O7/c1-9(2)14(16(26)20-10(3)18(28)29)21-15(25)12-5-4-8-22(12)17(27)11(19)6-7-13(23)24/h9-12,14H,4-8,19H2,1-3H3,(H,20,26)(H,21,25)(H,23,24)(H,28,29). The zero-order chi connectivity index (χ0) is 22.3. The van der Waals surface area contributed by atoms with E-state index in [9.17, 15) is 24.0 Å².